The topological polar surface area (TPSA) is 74.2 Å². The van der Waals surface area contributed by atoms with E-state index in [9.17, 15) is 0 Å². The minimum Gasteiger partial charge on any atom is -0.376 e. The first-order valence-electron chi connectivity index (χ1n) is 7.41. The van der Waals surface area contributed by atoms with E-state index in [0.717, 1.165) is 18.4 Å². The van der Waals surface area contributed by atoms with Crippen LogP contribution in [0.1, 0.15) is 42.3 Å². The number of hydrogen-bond acceptors (Lipinski definition) is 5. The van der Waals surface area contributed by atoms with Gasteiger partial charge in [0.1, 0.15) is 0 Å². The summed E-state index contributed by atoms with van der Waals surface area (Å²) >= 11 is 0. The lowest BCUT2D eigenvalue weighted by atomic mass is 9.96. The van der Waals surface area contributed by atoms with Gasteiger partial charge >= 0.3 is 0 Å². The molecule has 3 rings (SSSR count). The molecule has 1 atom stereocenters. The molecular weight excluding hydrogens is 266 g/mol. The predicted octanol–water partition coefficient (Wildman–Crippen LogP) is 2.92. The first-order chi connectivity index (χ1) is 10.1. The van der Waals surface area contributed by atoms with Crippen LogP contribution in [0.2, 0.25) is 0 Å². The summed E-state index contributed by atoms with van der Waals surface area (Å²) in [6, 6.07) is 5.83. The van der Waals surface area contributed by atoms with E-state index in [0.29, 0.717) is 24.4 Å². The molecule has 0 saturated heterocycles. The molecule has 0 amide bonds. The van der Waals surface area contributed by atoms with Crippen molar-refractivity contribution in [3.63, 3.8) is 0 Å². The lowest BCUT2D eigenvalue weighted by molar-refractivity contribution is -0.00549. The molecule has 1 heterocycles. The summed E-state index contributed by atoms with van der Waals surface area (Å²) in [5.74, 6) is 1.01. The van der Waals surface area contributed by atoms with Gasteiger partial charge in [0.05, 0.1) is 18.8 Å². The molecule has 1 saturated carbocycles. The Bertz CT molecular complexity index is 599. The fraction of sp³-hybridized carbons (Fsp3) is 0.500. The number of aromatic nitrogens is 2. The second-order valence-corrected chi connectivity index (χ2v) is 5.83. The molecular formula is C16H21N3O2. The van der Waals surface area contributed by atoms with Crippen LogP contribution in [-0.2, 0) is 4.74 Å². The Hall–Kier alpha value is -1.72. The first kappa shape index (κ1) is 14.2. The van der Waals surface area contributed by atoms with Crippen LogP contribution < -0.4 is 5.73 Å². The largest absolute Gasteiger partial charge is 0.376 e. The number of aryl methyl sites for hydroxylation is 2. The third-order valence-corrected chi connectivity index (χ3v) is 3.81. The second kappa shape index (κ2) is 5.95. The number of ether oxygens (including phenoxy) is 1. The average Bonchev–Trinajstić information content (AvgIpc) is 2.85. The number of nitrogens with zero attached hydrogens (tertiary/aromatic N) is 2. The minimum atomic E-state index is -0.339. The van der Waals surface area contributed by atoms with E-state index < -0.39 is 0 Å². The molecule has 5 nitrogen and oxygen atoms in total. The van der Waals surface area contributed by atoms with Gasteiger partial charge in [-0.15, -0.1) is 0 Å². The molecule has 0 spiro atoms. The molecule has 0 bridgehead atoms. The van der Waals surface area contributed by atoms with Gasteiger partial charge in [0.15, 0.2) is 5.82 Å². The molecule has 2 N–H and O–H groups in total. The van der Waals surface area contributed by atoms with Crippen LogP contribution in [0.15, 0.2) is 22.7 Å². The summed E-state index contributed by atoms with van der Waals surface area (Å²) in [5, 5.41) is 3.98. The molecule has 1 aromatic carbocycles. The van der Waals surface area contributed by atoms with Gasteiger partial charge < -0.3 is 15.0 Å². The lowest BCUT2D eigenvalue weighted by Gasteiger charge is -2.26. The zero-order valence-corrected chi connectivity index (χ0v) is 12.5. The molecule has 1 aromatic heterocycles. The molecule has 0 radical (unpaired) electrons. The lowest BCUT2D eigenvalue weighted by Crippen LogP contribution is -2.27. The van der Waals surface area contributed by atoms with Crippen molar-refractivity contribution in [3.8, 4) is 11.5 Å². The van der Waals surface area contributed by atoms with Crippen molar-refractivity contribution >= 4 is 0 Å². The van der Waals surface area contributed by atoms with E-state index in [2.05, 4.69) is 16.2 Å². The number of rotatable bonds is 5. The fourth-order valence-electron chi connectivity index (χ4n) is 2.45. The zero-order valence-electron chi connectivity index (χ0n) is 12.5. The predicted molar refractivity (Wildman–Crippen MR) is 79.7 cm³/mol. The Morgan fingerprint density at radius 3 is 2.62 bits per heavy atom. The van der Waals surface area contributed by atoms with Gasteiger partial charge in [0.25, 0.3) is 5.89 Å². The normalized spacial score (nSPS) is 16.7. The Morgan fingerprint density at radius 2 is 2.00 bits per heavy atom. The van der Waals surface area contributed by atoms with E-state index in [-0.39, 0.29) is 6.04 Å². The van der Waals surface area contributed by atoms with E-state index in [1.54, 1.807) is 0 Å². The number of hydrogen-bond donors (Lipinski definition) is 1. The molecule has 1 aliphatic rings. The zero-order chi connectivity index (χ0) is 14.8. The van der Waals surface area contributed by atoms with E-state index >= 15 is 0 Å². The second-order valence-electron chi connectivity index (χ2n) is 5.83. The monoisotopic (exact) mass is 287 g/mol. The van der Waals surface area contributed by atoms with Crippen molar-refractivity contribution < 1.29 is 9.26 Å². The number of nitrogens with two attached hydrogens (primary N) is 1. The maximum absolute atomic E-state index is 6.06. The average molecular weight is 287 g/mol. The van der Waals surface area contributed by atoms with Crippen molar-refractivity contribution in [3.05, 3.63) is 35.2 Å². The SMILES string of the molecule is Cc1cc(C)cc(-c2nc(C(N)COC3CCC3)no2)c1. The van der Waals surface area contributed by atoms with E-state index in [1.165, 1.54) is 17.5 Å². The van der Waals surface area contributed by atoms with Gasteiger partial charge in [-0.25, -0.2) is 0 Å². The van der Waals surface area contributed by atoms with Gasteiger partial charge in [-0.05, 0) is 45.2 Å². The van der Waals surface area contributed by atoms with Crippen molar-refractivity contribution in [2.45, 2.75) is 45.3 Å². The Kier molecular flexibility index (Phi) is 4.03. The minimum absolute atomic E-state index is 0.339. The Balaban J connectivity index is 1.69. The molecule has 5 heteroatoms. The van der Waals surface area contributed by atoms with Crippen LogP contribution in [0.25, 0.3) is 11.5 Å². The third-order valence-electron chi connectivity index (χ3n) is 3.81. The van der Waals surface area contributed by atoms with Gasteiger partial charge in [-0.2, -0.15) is 4.98 Å². The molecule has 112 valence electrons. The molecule has 2 aromatic rings. The Morgan fingerprint density at radius 1 is 1.29 bits per heavy atom. The summed E-state index contributed by atoms with van der Waals surface area (Å²) in [7, 11) is 0. The first-order valence-corrected chi connectivity index (χ1v) is 7.41. The summed E-state index contributed by atoms with van der Waals surface area (Å²) in [6.45, 7) is 4.54. The maximum atomic E-state index is 6.06. The molecule has 1 unspecified atom stereocenters. The quantitative estimate of drug-likeness (QED) is 0.915. The van der Waals surface area contributed by atoms with Gasteiger partial charge in [-0.1, -0.05) is 22.3 Å². The highest BCUT2D eigenvalue weighted by atomic mass is 16.5. The van der Waals surface area contributed by atoms with Gasteiger partial charge in [0.2, 0.25) is 0 Å². The smallest absolute Gasteiger partial charge is 0.258 e. The highest BCUT2D eigenvalue weighted by Crippen LogP contribution is 2.24. The standard InChI is InChI=1S/C16H21N3O2/c1-10-6-11(2)8-12(7-10)16-18-15(19-21-16)14(17)9-20-13-4-3-5-13/h6-8,13-14H,3-5,9,17H2,1-2H3. The van der Waals surface area contributed by atoms with Crippen LogP contribution in [0.3, 0.4) is 0 Å². The van der Waals surface area contributed by atoms with Gasteiger partial charge in [0, 0.05) is 5.56 Å². The van der Waals surface area contributed by atoms with E-state index in [4.69, 9.17) is 15.0 Å². The van der Waals surface area contributed by atoms with Crippen LogP contribution in [0.4, 0.5) is 0 Å². The Labute approximate surface area is 124 Å². The molecule has 1 aliphatic carbocycles. The summed E-state index contributed by atoms with van der Waals surface area (Å²) in [5.41, 5.74) is 9.33. The summed E-state index contributed by atoms with van der Waals surface area (Å²) in [4.78, 5) is 4.40. The number of benzene rings is 1. The van der Waals surface area contributed by atoms with Crippen molar-refractivity contribution in [1.82, 2.24) is 10.1 Å². The summed E-state index contributed by atoms with van der Waals surface area (Å²) < 4.78 is 11.0. The van der Waals surface area contributed by atoms with E-state index in [1.807, 2.05) is 26.0 Å². The highest BCUT2D eigenvalue weighted by Gasteiger charge is 2.21. The third kappa shape index (κ3) is 3.31. The van der Waals surface area contributed by atoms with Crippen LogP contribution in [-0.4, -0.2) is 22.9 Å². The summed E-state index contributed by atoms with van der Waals surface area (Å²) in [6.07, 6.45) is 3.88. The van der Waals surface area contributed by atoms with Crippen molar-refractivity contribution in [2.24, 2.45) is 5.73 Å². The van der Waals surface area contributed by atoms with Crippen LogP contribution in [0, 0.1) is 13.8 Å². The molecule has 0 aliphatic heterocycles. The highest BCUT2D eigenvalue weighted by molar-refractivity contribution is 5.55. The fourth-order valence-corrected chi connectivity index (χ4v) is 2.45. The van der Waals surface area contributed by atoms with Crippen LogP contribution >= 0.6 is 0 Å². The molecule has 1 fully saturated rings. The molecule has 21 heavy (non-hydrogen) atoms. The van der Waals surface area contributed by atoms with Crippen LogP contribution in [0.5, 0.6) is 0 Å². The van der Waals surface area contributed by atoms with Gasteiger partial charge in [-0.3, -0.25) is 0 Å². The van der Waals surface area contributed by atoms with Crippen molar-refractivity contribution in [2.75, 3.05) is 6.61 Å². The maximum Gasteiger partial charge on any atom is 0.258 e. The van der Waals surface area contributed by atoms with Crippen molar-refractivity contribution in [1.29, 1.82) is 0 Å².